The predicted molar refractivity (Wildman–Crippen MR) is 79.6 cm³/mol. The second-order valence-corrected chi connectivity index (χ2v) is 5.44. The molecule has 0 aliphatic rings. The van der Waals surface area contributed by atoms with Gasteiger partial charge in [0.25, 0.3) is 5.56 Å². The number of aryl methyl sites for hydroxylation is 2. The van der Waals surface area contributed by atoms with Gasteiger partial charge in [-0.05, 0) is 24.5 Å². The zero-order valence-electron chi connectivity index (χ0n) is 11.5. The number of rotatable bonds is 4. The maximum Gasteiger partial charge on any atom is 0.254 e. The smallest absolute Gasteiger partial charge is 0.254 e. The molecule has 0 unspecified atom stereocenters. The van der Waals surface area contributed by atoms with E-state index in [4.69, 9.17) is 0 Å². The molecule has 0 atom stereocenters. The molecule has 0 N–H and O–H groups in total. The molecule has 0 amide bonds. The third-order valence-corrected chi connectivity index (χ3v) is 4.21. The summed E-state index contributed by atoms with van der Waals surface area (Å²) < 4.78 is 1.61. The lowest BCUT2D eigenvalue weighted by molar-refractivity contribution is 0.690. The minimum Gasteiger partial charge on any atom is -0.291 e. The topological polar surface area (TPSA) is 34.9 Å². The van der Waals surface area contributed by atoms with Gasteiger partial charge in [0.2, 0.25) is 0 Å². The quantitative estimate of drug-likeness (QED) is 0.635. The van der Waals surface area contributed by atoms with Crippen LogP contribution in [0.25, 0.3) is 0 Å². The molecule has 0 spiro atoms. The number of benzene rings is 1. The van der Waals surface area contributed by atoms with E-state index in [-0.39, 0.29) is 5.56 Å². The summed E-state index contributed by atoms with van der Waals surface area (Å²) in [4.78, 5) is 16.3. The molecule has 0 saturated carbocycles. The Bertz CT molecular complexity index is 634. The van der Waals surface area contributed by atoms with E-state index in [1.165, 1.54) is 11.1 Å². The highest BCUT2D eigenvalue weighted by Crippen LogP contribution is 2.21. The molecule has 4 heteroatoms. The molecule has 0 fully saturated rings. The van der Waals surface area contributed by atoms with Gasteiger partial charge >= 0.3 is 0 Å². The minimum atomic E-state index is 0.0131. The largest absolute Gasteiger partial charge is 0.291 e. The molecule has 19 heavy (non-hydrogen) atoms. The summed E-state index contributed by atoms with van der Waals surface area (Å²) >= 11 is 1.61. The molecule has 3 nitrogen and oxygen atoms in total. The number of aromatic nitrogens is 2. The Labute approximate surface area is 117 Å². The van der Waals surface area contributed by atoms with Crippen molar-refractivity contribution in [3.05, 3.63) is 57.5 Å². The van der Waals surface area contributed by atoms with E-state index in [0.29, 0.717) is 0 Å². The first kappa shape index (κ1) is 13.9. The Kier molecular flexibility index (Phi) is 4.43. The zero-order chi connectivity index (χ0) is 13.8. The Morgan fingerprint density at radius 3 is 2.74 bits per heavy atom. The van der Waals surface area contributed by atoms with E-state index in [2.05, 4.69) is 24.0 Å². The Balaban J connectivity index is 2.22. The van der Waals surface area contributed by atoms with E-state index >= 15 is 0 Å². The number of thioether (sulfide) groups is 1. The van der Waals surface area contributed by atoms with Gasteiger partial charge in [-0.25, -0.2) is 4.98 Å². The summed E-state index contributed by atoms with van der Waals surface area (Å²) in [7, 11) is 1.77. The maximum atomic E-state index is 11.8. The van der Waals surface area contributed by atoms with Gasteiger partial charge in [0, 0.05) is 24.6 Å². The van der Waals surface area contributed by atoms with Crippen LogP contribution in [0.4, 0.5) is 0 Å². The SMILES string of the molecule is CCc1cc(=O)n(C)c(SCc2ccccc2C)n1. The highest BCUT2D eigenvalue weighted by Gasteiger charge is 2.06. The van der Waals surface area contributed by atoms with Crippen LogP contribution in [0.15, 0.2) is 40.3 Å². The fourth-order valence-electron chi connectivity index (χ4n) is 1.79. The summed E-state index contributed by atoms with van der Waals surface area (Å²) in [5.74, 6) is 0.833. The predicted octanol–water partition coefficient (Wildman–Crippen LogP) is 2.94. The van der Waals surface area contributed by atoms with Gasteiger partial charge in [0.15, 0.2) is 5.16 Å². The minimum absolute atomic E-state index is 0.0131. The molecule has 2 rings (SSSR count). The Morgan fingerprint density at radius 1 is 1.32 bits per heavy atom. The molecular formula is C15H18N2OS. The van der Waals surface area contributed by atoms with Crippen LogP contribution in [-0.2, 0) is 19.2 Å². The molecule has 0 aliphatic carbocycles. The molecule has 1 aromatic carbocycles. The highest BCUT2D eigenvalue weighted by atomic mass is 32.2. The molecule has 2 aromatic rings. The van der Waals surface area contributed by atoms with Crippen molar-refractivity contribution >= 4 is 11.8 Å². The van der Waals surface area contributed by atoms with Crippen molar-refractivity contribution in [2.24, 2.45) is 7.05 Å². The molecule has 0 radical (unpaired) electrons. The number of hydrogen-bond acceptors (Lipinski definition) is 3. The number of nitrogens with zero attached hydrogens (tertiary/aromatic N) is 2. The van der Waals surface area contributed by atoms with Crippen LogP contribution in [0.1, 0.15) is 23.7 Å². The Hall–Kier alpha value is -1.55. The van der Waals surface area contributed by atoms with Crippen LogP contribution in [0, 0.1) is 6.92 Å². The van der Waals surface area contributed by atoms with E-state index < -0.39 is 0 Å². The van der Waals surface area contributed by atoms with Crippen LogP contribution in [-0.4, -0.2) is 9.55 Å². The second kappa shape index (κ2) is 6.06. The fourth-order valence-corrected chi connectivity index (χ4v) is 2.86. The van der Waals surface area contributed by atoms with Crippen LogP contribution >= 0.6 is 11.8 Å². The fraction of sp³-hybridized carbons (Fsp3) is 0.333. The summed E-state index contributed by atoms with van der Waals surface area (Å²) in [6.45, 7) is 4.11. The van der Waals surface area contributed by atoms with Gasteiger partial charge in [0.05, 0.1) is 0 Å². The first-order chi connectivity index (χ1) is 9.11. The van der Waals surface area contributed by atoms with Crippen molar-refractivity contribution in [3.8, 4) is 0 Å². The second-order valence-electron chi connectivity index (χ2n) is 4.50. The van der Waals surface area contributed by atoms with Crippen LogP contribution in [0.2, 0.25) is 0 Å². The average molecular weight is 274 g/mol. The lowest BCUT2D eigenvalue weighted by Gasteiger charge is -2.09. The van der Waals surface area contributed by atoms with E-state index in [9.17, 15) is 4.79 Å². The van der Waals surface area contributed by atoms with E-state index in [0.717, 1.165) is 23.0 Å². The summed E-state index contributed by atoms with van der Waals surface area (Å²) in [6.07, 6.45) is 0.786. The van der Waals surface area contributed by atoms with Gasteiger partial charge in [-0.15, -0.1) is 0 Å². The standard InChI is InChI=1S/C15H18N2OS/c1-4-13-9-14(18)17(3)15(16-13)19-10-12-8-6-5-7-11(12)2/h5-9H,4,10H2,1-3H3. The first-order valence-electron chi connectivity index (χ1n) is 6.36. The molecule has 100 valence electrons. The summed E-state index contributed by atoms with van der Waals surface area (Å²) in [5, 5.41) is 0.785. The zero-order valence-corrected chi connectivity index (χ0v) is 12.3. The first-order valence-corrected chi connectivity index (χ1v) is 7.34. The van der Waals surface area contributed by atoms with Crippen molar-refractivity contribution in [3.63, 3.8) is 0 Å². The van der Waals surface area contributed by atoms with Crippen molar-refractivity contribution in [2.45, 2.75) is 31.2 Å². The van der Waals surface area contributed by atoms with Gasteiger partial charge in [-0.2, -0.15) is 0 Å². The lowest BCUT2D eigenvalue weighted by Crippen LogP contribution is -2.20. The molecule has 1 aromatic heterocycles. The molecule has 1 heterocycles. The van der Waals surface area contributed by atoms with Gasteiger partial charge < -0.3 is 0 Å². The maximum absolute atomic E-state index is 11.8. The normalized spacial score (nSPS) is 10.7. The third kappa shape index (κ3) is 3.26. The van der Waals surface area contributed by atoms with Crippen molar-refractivity contribution in [2.75, 3.05) is 0 Å². The van der Waals surface area contributed by atoms with Gasteiger partial charge in [-0.1, -0.05) is 43.0 Å². The highest BCUT2D eigenvalue weighted by molar-refractivity contribution is 7.98. The molecular weight excluding hydrogens is 256 g/mol. The Morgan fingerprint density at radius 2 is 2.05 bits per heavy atom. The number of hydrogen-bond donors (Lipinski definition) is 0. The third-order valence-electron chi connectivity index (χ3n) is 3.13. The van der Waals surface area contributed by atoms with E-state index in [1.807, 2.05) is 19.1 Å². The molecule has 0 aliphatic heterocycles. The summed E-state index contributed by atoms with van der Waals surface area (Å²) in [5.41, 5.74) is 3.42. The van der Waals surface area contributed by atoms with Crippen molar-refractivity contribution in [1.29, 1.82) is 0 Å². The monoisotopic (exact) mass is 274 g/mol. The van der Waals surface area contributed by atoms with Crippen molar-refractivity contribution in [1.82, 2.24) is 9.55 Å². The van der Waals surface area contributed by atoms with Gasteiger partial charge in [-0.3, -0.25) is 9.36 Å². The van der Waals surface area contributed by atoms with E-state index in [1.54, 1.807) is 29.4 Å². The molecule has 0 saturated heterocycles. The van der Waals surface area contributed by atoms with Crippen LogP contribution in [0.5, 0.6) is 0 Å². The molecule has 0 bridgehead atoms. The van der Waals surface area contributed by atoms with Crippen LogP contribution < -0.4 is 5.56 Å². The van der Waals surface area contributed by atoms with Gasteiger partial charge in [0.1, 0.15) is 0 Å². The average Bonchev–Trinajstić information content (AvgIpc) is 2.42. The lowest BCUT2D eigenvalue weighted by atomic mass is 10.1. The van der Waals surface area contributed by atoms with Crippen LogP contribution in [0.3, 0.4) is 0 Å². The van der Waals surface area contributed by atoms with Crippen molar-refractivity contribution < 1.29 is 0 Å². The summed E-state index contributed by atoms with van der Waals surface area (Å²) in [6, 6.07) is 9.90.